The highest BCUT2D eigenvalue weighted by Gasteiger charge is 2.10. The highest BCUT2D eigenvalue weighted by molar-refractivity contribution is 6.27. The molecule has 1 amide bonds. The zero-order chi connectivity index (χ0) is 18.0. The first-order valence-electron chi connectivity index (χ1n) is 7.27. The lowest BCUT2D eigenvalue weighted by Gasteiger charge is -2.18. The van der Waals surface area contributed by atoms with E-state index in [2.05, 4.69) is 24.1 Å². The average Bonchev–Trinajstić information content (AvgIpc) is 2.49. The van der Waals surface area contributed by atoms with Crippen molar-refractivity contribution in [1.82, 2.24) is 4.90 Å². The number of para-hydroxylation sites is 1. The Balaban J connectivity index is 0.000000688. The first-order chi connectivity index (χ1) is 10.7. The maximum Gasteiger partial charge on any atom is 0.414 e. The van der Waals surface area contributed by atoms with Crippen LogP contribution in [0.15, 0.2) is 18.2 Å². The molecule has 0 bridgehead atoms. The number of anilines is 1. The van der Waals surface area contributed by atoms with Crippen molar-refractivity contribution in [3.63, 3.8) is 0 Å². The molecule has 0 saturated heterocycles. The Hall–Kier alpha value is -2.41. The van der Waals surface area contributed by atoms with Gasteiger partial charge in [-0.1, -0.05) is 32.0 Å². The summed E-state index contributed by atoms with van der Waals surface area (Å²) in [6.45, 7) is 10.4. The highest BCUT2D eigenvalue weighted by atomic mass is 16.4. The lowest BCUT2D eigenvalue weighted by Crippen LogP contribution is -2.33. The number of carboxylic acid groups (broad SMARTS) is 2. The molecule has 0 aliphatic heterocycles. The number of aryl methyl sites for hydroxylation is 2. The molecule has 23 heavy (non-hydrogen) atoms. The molecule has 7 heteroatoms. The number of carboxylic acids is 2. The van der Waals surface area contributed by atoms with Crippen LogP contribution in [0, 0.1) is 13.8 Å². The largest absolute Gasteiger partial charge is 0.473 e. The molecule has 0 aliphatic carbocycles. The number of hydrogen-bond donors (Lipinski definition) is 3. The Kier molecular flexibility index (Phi) is 9.26. The summed E-state index contributed by atoms with van der Waals surface area (Å²) in [5.41, 5.74) is 3.17. The van der Waals surface area contributed by atoms with Crippen LogP contribution >= 0.6 is 0 Å². The first-order valence-corrected chi connectivity index (χ1v) is 7.27. The molecule has 0 heterocycles. The third-order valence-corrected chi connectivity index (χ3v) is 3.19. The minimum absolute atomic E-state index is 0.0612. The molecule has 0 spiro atoms. The van der Waals surface area contributed by atoms with E-state index in [1.165, 1.54) is 0 Å². The fraction of sp³-hybridized carbons (Fsp3) is 0.438. The highest BCUT2D eigenvalue weighted by Crippen LogP contribution is 2.19. The van der Waals surface area contributed by atoms with Gasteiger partial charge in [-0.25, -0.2) is 9.59 Å². The van der Waals surface area contributed by atoms with Gasteiger partial charge >= 0.3 is 11.9 Å². The summed E-state index contributed by atoms with van der Waals surface area (Å²) >= 11 is 0. The maximum atomic E-state index is 11.9. The van der Waals surface area contributed by atoms with Gasteiger partial charge < -0.3 is 15.5 Å². The maximum absolute atomic E-state index is 11.9. The predicted octanol–water partition coefficient (Wildman–Crippen LogP) is 1.74. The van der Waals surface area contributed by atoms with Crippen molar-refractivity contribution >= 4 is 23.5 Å². The van der Waals surface area contributed by atoms with Crippen molar-refractivity contribution in [1.29, 1.82) is 0 Å². The zero-order valence-electron chi connectivity index (χ0n) is 13.9. The molecule has 0 saturated carbocycles. The van der Waals surface area contributed by atoms with Gasteiger partial charge in [-0.2, -0.15) is 0 Å². The number of hydrogen-bond acceptors (Lipinski definition) is 4. The molecule has 1 aromatic carbocycles. The number of aliphatic carboxylic acids is 2. The van der Waals surface area contributed by atoms with Gasteiger partial charge in [-0.3, -0.25) is 9.69 Å². The van der Waals surface area contributed by atoms with Gasteiger partial charge in [0.15, 0.2) is 0 Å². The molecule has 0 fully saturated rings. The van der Waals surface area contributed by atoms with Gasteiger partial charge in [0.05, 0.1) is 6.54 Å². The molecule has 7 nitrogen and oxygen atoms in total. The van der Waals surface area contributed by atoms with Crippen LogP contribution in [-0.4, -0.2) is 52.6 Å². The Morgan fingerprint density at radius 3 is 1.78 bits per heavy atom. The predicted molar refractivity (Wildman–Crippen MR) is 87.6 cm³/mol. The number of carbonyl (C=O) groups excluding carboxylic acids is 1. The van der Waals surface area contributed by atoms with E-state index >= 15 is 0 Å². The van der Waals surface area contributed by atoms with Gasteiger partial charge in [0, 0.05) is 5.69 Å². The van der Waals surface area contributed by atoms with E-state index in [9.17, 15) is 4.79 Å². The fourth-order valence-electron chi connectivity index (χ4n) is 1.84. The molecule has 0 aliphatic rings. The van der Waals surface area contributed by atoms with Crippen molar-refractivity contribution in [3.8, 4) is 0 Å². The minimum atomic E-state index is -1.82. The van der Waals surface area contributed by atoms with Crippen LogP contribution in [-0.2, 0) is 14.4 Å². The molecular formula is C16H24N2O5. The number of rotatable bonds is 5. The van der Waals surface area contributed by atoms with Crippen molar-refractivity contribution in [2.24, 2.45) is 0 Å². The van der Waals surface area contributed by atoms with E-state index in [1.807, 2.05) is 32.0 Å². The molecule has 1 aromatic rings. The van der Waals surface area contributed by atoms with Gasteiger partial charge in [0.2, 0.25) is 5.91 Å². The zero-order valence-corrected chi connectivity index (χ0v) is 13.9. The lowest BCUT2D eigenvalue weighted by atomic mass is 10.1. The smallest absolute Gasteiger partial charge is 0.414 e. The summed E-state index contributed by atoms with van der Waals surface area (Å²) in [5.74, 6) is -3.59. The number of benzene rings is 1. The molecule has 0 atom stereocenters. The second-order valence-corrected chi connectivity index (χ2v) is 4.89. The Labute approximate surface area is 135 Å². The van der Waals surface area contributed by atoms with Crippen molar-refractivity contribution in [3.05, 3.63) is 29.3 Å². The molecule has 1 rings (SSSR count). The Morgan fingerprint density at radius 1 is 1.00 bits per heavy atom. The van der Waals surface area contributed by atoms with E-state index in [-0.39, 0.29) is 5.91 Å². The van der Waals surface area contributed by atoms with Crippen LogP contribution in [0.1, 0.15) is 25.0 Å². The normalized spacial score (nSPS) is 9.78. The summed E-state index contributed by atoms with van der Waals surface area (Å²) in [5, 5.41) is 17.8. The van der Waals surface area contributed by atoms with Crippen LogP contribution < -0.4 is 5.32 Å². The SMILES string of the molecule is CCN(CC)CC(=O)Nc1c(C)cccc1C.O=C(O)C(=O)O. The van der Waals surface area contributed by atoms with E-state index in [1.54, 1.807) is 0 Å². The monoisotopic (exact) mass is 324 g/mol. The Morgan fingerprint density at radius 2 is 1.43 bits per heavy atom. The third kappa shape index (κ3) is 7.96. The molecular weight excluding hydrogens is 300 g/mol. The van der Waals surface area contributed by atoms with Crippen molar-refractivity contribution in [2.75, 3.05) is 25.0 Å². The second-order valence-electron chi connectivity index (χ2n) is 4.89. The number of carbonyl (C=O) groups is 3. The summed E-state index contributed by atoms with van der Waals surface area (Å²) in [6.07, 6.45) is 0. The van der Waals surface area contributed by atoms with Gasteiger partial charge in [0.1, 0.15) is 0 Å². The summed E-state index contributed by atoms with van der Waals surface area (Å²) in [4.78, 5) is 32.2. The topological polar surface area (TPSA) is 107 Å². The number of likely N-dealkylation sites (N-methyl/N-ethyl adjacent to an activating group) is 1. The van der Waals surface area contributed by atoms with Gasteiger partial charge in [0.25, 0.3) is 0 Å². The fourth-order valence-corrected chi connectivity index (χ4v) is 1.84. The molecule has 3 N–H and O–H groups in total. The van der Waals surface area contributed by atoms with E-state index in [0.29, 0.717) is 6.54 Å². The van der Waals surface area contributed by atoms with Crippen LogP contribution in [0.4, 0.5) is 5.69 Å². The number of nitrogens with zero attached hydrogens (tertiary/aromatic N) is 1. The summed E-state index contributed by atoms with van der Waals surface area (Å²) < 4.78 is 0. The van der Waals surface area contributed by atoms with Crippen molar-refractivity contribution in [2.45, 2.75) is 27.7 Å². The Bertz CT molecular complexity index is 521. The summed E-state index contributed by atoms with van der Waals surface area (Å²) in [7, 11) is 0. The van der Waals surface area contributed by atoms with Crippen LogP contribution in [0.3, 0.4) is 0 Å². The van der Waals surface area contributed by atoms with Gasteiger partial charge in [-0.05, 0) is 38.1 Å². The van der Waals surface area contributed by atoms with Crippen LogP contribution in [0.5, 0.6) is 0 Å². The molecule has 0 aromatic heterocycles. The third-order valence-electron chi connectivity index (χ3n) is 3.19. The first kappa shape index (κ1) is 20.6. The quantitative estimate of drug-likeness (QED) is 0.712. The average molecular weight is 324 g/mol. The van der Waals surface area contributed by atoms with E-state index in [0.717, 1.165) is 29.9 Å². The van der Waals surface area contributed by atoms with Crippen LogP contribution in [0.2, 0.25) is 0 Å². The van der Waals surface area contributed by atoms with Crippen LogP contribution in [0.25, 0.3) is 0 Å². The van der Waals surface area contributed by atoms with E-state index in [4.69, 9.17) is 19.8 Å². The molecule has 0 unspecified atom stereocenters. The number of nitrogens with one attached hydrogen (secondary N) is 1. The summed E-state index contributed by atoms with van der Waals surface area (Å²) in [6, 6.07) is 6.03. The molecule has 0 radical (unpaired) electrons. The minimum Gasteiger partial charge on any atom is -0.473 e. The van der Waals surface area contributed by atoms with Gasteiger partial charge in [-0.15, -0.1) is 0 Å². The molecule has 128 valence electrons. The lowest BCUT2D eigenvalue weighted by molar-refractivity contribution is -0.159. The number of amides is 1. The second kappa shape index (κ2) is 10.3. The van der Waals surface area contributed by atoms with Crippen molar-refractivity contribution < 1.29 is 24.6 Å². The van der Waals surface area contributed by atoms with E-state index < -0.39 is 11.9 Å². The standard InChI is InChI=1S/C14H22N2O.C2H2O4/c1-5-16(6-2)10-13(17)15-14-11(3)8-7-9-12(14)4;3-1(4)2(5)6/h7-9H,5-6,10H2,1-4H3,(H,15,17);(H,3,4)(H,5,6).